The van der Waals surface area contributed by atoms with Crippen LogP contribution < -0.4 is 9.47 Å². The molecule has 0 amide bonds. The van der Waals surface area contributed by atoms with Crippen LogP contribution in [0.3, 0.4) is 0 Å². The molecule has 4 nitrogen and oxygen atoms in total. The van der Waals surface area contributed by atoms with Gasteiger partial charge in [0.1, 0.15) is 31.3 Å². The predicted molar refractivity (Wildman–Crippen MR) is 133 cm³/mol. The van der Waals surface area contributed by atoms with Crippen molar-refractivity contribution in [3.63, 3.8) is 0 Å². The summed E-state index contributed by atoms with van der Waals surface area (Å²) in [6.45, 7) is 1.21. The van der Waals surface area contributed by atoms with Gasteiger partial charge in [-0.3, -0.25) is 0 Å². The van der Waals surface area contributed by atoms with E-state index in [0.717, 1.165) is 44.1 Å². The second-order valence-corrected chi connectivity index (χ2v) is 8.67. The van der Waals surface area contributed by atoms with Gasteiger partial charge in [0.25, 0.3) is 0 Å². The Morgan fingerprint density at radius 1 is 0.657 bits per heavy atom. The normalized spacial score (nSPS) is 12.9. The second kappa shape index (κ2) is 17.2. The van der Waals surface area contributed by atoms with Crippen molar-refractivity contribution >= 4 is 0 Å². The highest BCUT2D eigenvalue weighted by molar-refractivity contribution is 5.65. The summed E-state index contributed by atoms with van der Waals surface area (Å²) in [5.41, 5.74) is 1.45. The molecule has 0 heterocycles. The molecule has 35 heavy (non-hydrogen) atoms. The van der Waals surface area contributed by atoms with Crippen LogP contribution in [0.25, 0.3) is 11.1 Å². The van der Waals surface area contributed by atoms with Crippen LogP contribution in [0.15, 0.2) is 42.5 Å². The molecule has 2 aromatic rings. The fourth-order valence-corrected chi connectivity index (χ4v) is 3.65. The molecule has 0 fully saturated rings. The number of ether oxygens (including phenoxy) is 4. The average molecular weight is 497 g/mol. The summed E-state index contributed by atoms with van der Waals surface area (Å²) in [6.07, 6.45) is 3.92. The number of hydrogen-bond acceptors (Lipinski definition) is 4. The van der Waals surface area contributed by atoms with E-state index in [-0.39, 0.29) is 19.0 Å². The molecule has 0 saturated heterocycles. The molecule has 0 N–H and O–H groups in total. The van der Waals surface area contributed by atoms with Gasteiger partial charge in [-0.25, -0.2) is 13.2 Å². The minimum atomic E-state index is -1.14. The van der Waals surface area contributed by atoms with Crippen LogP contribution in [0, 0.1) is 5.82 Å². The molecule has 0 aliphatic carbocycles. The molecule has 7 heteroatoms. The Hall–Kier alpha value is -2.25. The molecule has 2 rings (SSSR count). The molecule has 0 spiro atoms. The van der Waals surface area contributed by atoms with Crippen LogP contribution in [0.1, 0.15) is 51.4 Å². The van der Waals surface area contributed by atoms with Crippen LogP contribution >= 0.6 is 0 Å². The van der Waals surface area contributed by atoms with E-state index in [4.69, 9.17) is 18.9 Å². The minimum absolute atomic E-state index is 0.00695. The van der Waals surface area contributed by atoms with E-state index < -0.39 is 18.2 Å². The number of benzene rings is 2. The van der Waals surface area contributed by atoms with E-state index in [2.05, 4.69) is 0 Å². The number of methoxy groups -OCH3 is 2. The van der Waals surface area contributed by atoms with Gasteiger partial charge >= 0.3 is 0 Å². The number of halogens is 3. The van der Waals surface area contributed by atoms with Crippen molar-refractivity contribution in [2.75, 3.05) is 40.6 Å². The Bertz CT molecular complexity index is 816. The van der Waals surface area contributed by atoms with Crippen LogP contribution in [0.4, 0.5) is 13.2 Å². The van der Waals surface area contributed by atoms with Gasteiger partial charge in [0.2, 0.25) is 0 Å². The van der Waals surface area contributed by atoms with Crippen molar-refractivity contribution in [1.82, 2.24) is 0 Å². The van der Waals surface area contributed by atoms with Crippen molar-refractivity contribution in [3.8, 4) is 22.6 Å². The lowest BCUT2D eigenvalue weighted by Gasteiger charge is -2.13. The largest absolute Gasteiger partial charge is 0.491 e. The number of alkyl halides is 2. The zero-order chi connectivity index (χ0) is 25.3. The summed E-state index contributed by atoms with van der Waals surface area (Å²) in [7, 11) is 3.31. The number of rotatable bonds is 19. The van der Waals surface area contributed by atoms with E-state index in [1.165, 1.54) is 12.1 Å². The Kier molecular flexibility index (Phi) is 14.3. The van der Waals surface area contributed by atoms with Gasteiger partial charge in [-0.1, -0.05) is 43.9 Å². The highest BCUT2D eigenvalue weighted by Gasteiger charge is 2.12. The van der Waals surface area contributed by atoms with Crippen LogP contribution in [-0.4, -0.2) is 53.0 Å². The quantitative estimate of drug-likeness (QED) is 0.191. The van der Waals surface area contributed by atoms with E-state index in [1.54, 1.807) is 44.6 Å². The second-order valence-electron chi connectivity index (χ2n) is 8.67. The third-order valence-corrected chi connectivity index (χ3v) is 5.70. The molecule has 0 aliphatic heterocycles. The van der Waals surface area contributed by atoms with Crippen molar-refractivity contribution in [2.24, 2.45) is 0 Å². The highest BCUT2D eigenvalue weighted by atomic mass is 19.1. The zero-order valence-corrected chi connectivity index (χ0v) is 20.9. The third-order valence-electron chi connectivity index (χ3n) is 5.70. The Morgan fingerprint density at radius 3 is 1.74 bits per heavy atom. The maximum absolute atomic E-state index is 14.5. The van der Waals surface area contributed by atoms with Gasteiger partial charge in [0.05, 0.1) is 0 Å². The Balaban J connectivity index is 1.75. The molecule has 0 bridgehead atoms. The van der Waals surface area contributed by atoms with E-state index in [9.17, 15) is 13.2 Å². The molecule has 196 valence electrons. The molecule has 2 atom stereocenters. The highest BCUT2D eigenvalue weighted by Crippen LogP contribution is 2.27. The summed E-state index contributed by atoms with van der Waals surface area (Å²) >= 11 is 0. The summed E-state index contributed by atoms with van der Waals surface area (Å²) in [5.74, 6) is 0.0558. The van der Waals surface area contributed by atoms with Crippen LogP contribution in [0.5, 0.6) is 11.5 Å². The topological polar surface area (TPSA) is 36.9 Å². The Morgan fingerprint density at radius 2 is 1.20 bits per heavy atom. The standard InChI is InChI=1S/C28H39F3O4/c1-32-17-7-3-5-9-24(29)20-34-26-14-11-22(12-15-26)23-13-16-28(27(31)19-23)35-21-25(30)10-6-4-8-18-33-2/h11-16,19,24-25H,3-10,17-18,20-21H2,1-2H3. The lowest BCUT2D eigenvalue weighted by Crippen LogP contribution is -2.13. The fraction of sp³-hybridized carbons (Fsp3) is 0.571. The lowest BCUT2D eigenvalue weighted by atomic mass is 10.1. The molecular weight excluding hydrogens is 457 g/mol. The summed E-state index contributed by atoms with van der Waals surface area (Å²) in [4.78, 5) is 0. The molecule has 0 saturated carbocycles. The van der Waals surface area contributed by atoms with Crippen molar-refractivity contribution in [2.45, 2.75) is 63.7 Å². The van der Waals surface area contributed by atoms with Gasteiger partial charge in [0.15, 0.2) is 11.6 Å². The average Bonchev–Trinajstić information content (AvgIpc) is 2.87. The summed E-state index contributed by atoms with van der Waals surface area (Å²) in [5, 5.41) is 0. The SMILES string of the molecule is COCCCCCC(F)COc1ccc(-c2ccc(OCC(F)CCCCCOC)c(F)c2)cc1. The number of unbranched alkanes of at least 4 members (excludes halogenated alkanes) is 4. The molecule has 0 aromatic heterocycles. The summed E-state index contributed by atoms with van der Waals surface area (Å²) < 4.78 is 63.4. The first-order valence-corrected chi connectivity index (χ1v) is 12.4. The van der Waals surface area contributed by atoms with Crippen LogP contribution in [-0.2, 0) is 9.47 Å². The van der Waals surface area contributed by atoms with Gasteiger partial charge in [-0.05, 0) is 61.1 Å². The fourth-order valence-electron chi connectivity index (χ4n) is 3.65. The molecule has 0 radical (unpaired) electrons. The smallest absolute Gasteiger partial charge is 0.165 e. The van der Waals surface area contributed by atoms with Crippen LogP contribution in [0.2, 0.25) is 0 Å². The molecule has 0 aliphatic rings. The Labute approximate surface area is 207 Å². The van der Waals surface area contributed by atoms with Crippen molar-refractivity contribution < 1.29 is 32.1 Å². The van der Waals surface area contributed by atoms with E-state index in [1.807, 2.05) is 0 Å². The molecular formula is C28H39F3O4. The maximum Gasteiger partial charge on any atom is 0.165 e. The first-order valence-electron chi connectivity index (χ1n) is 12.4. The maximum atomic E-state index is 14.5. The first kappa shape index (κ1) is 29.0. The summed E-state index contributed by atoms with van der Waals surface area (Å²) in [6, 6.07) is 11.7. The van der Waals surface area contributed by atoms with Crippen molar-refractivity contribution in [1.29, 1.82) is 0 Å². The third kappa shape index (κ3) is 11.8. The zero-order valence-electron chi connectivity index (χ0n) is 20.9. The first-order chi connectivity index (χ1) is 17.0. The van der Waals surface area contributed by atoms with E-state index in [0.29, 0.717) is 37.4 Å². The minimum Gasteiger partial charge on any atom is -0.491 e. The number of hydrogen-bond donors (Lipinski definition) is 0. The van der Waals surface area contributed by atoms with Gasteiger partial charge in [-0.15, -0.1) is 0 Å². The van der Waals surface area contributed by atoms with E-state index >= 15 is 0 Å². The van der Waals surface area contributed by atoms with Gasteiger partial charge in [0, 0.05) is 27.4 Å². The van der Waals surface area contributed by atoms with Crippen molar-refractivity contribution in [3.05, 3.63) is 48.3 Å². The molecule has 2 aromatic carbocycles. The molecule has 2 unspecified atom stereocenters. The van der Waals surface area contributed by atoms with Gasteiger partial charge < -0.3 is 18.9 Å². The lowest BCUT2D eigenvalue weighted by molar-refractivity contribution is 0.172. The monoisotopic (exact) mass is 496 g/mol. The predicted octanol–water partition coefficient (Wildman–Crippen LogP) is 7.34. The van der Waals surface area contributed by atoms with Gasteiger partial charge in [-0.2, -0.15) is 0 Å².